The van der Waals surface area contributed by atoms with Crippen molar-refractivity contribution in [1.82, 2.24) is 31.5 Å². The van der Waals surface area contributed by atoms with Crippen molar-refractivity contribution in [2.45, 2.75) is 19.3 Å². The first-order valence-corrected chi connectivity index (χ1v) is 7.39. The van der Waals surface area contributed by atoms with Crippen LogP contribution in [-0.4, -0.2) is 45.1 Å². The molecule has 4 amide bonds. The van der Waals surface area contributed by atoms with Crippen LogP contribution < -0.4 is 33.0 Å². The lowest BCUT2D eigenvalue weighted by molar-refractivity contribution is 0.251. The fourth-order valence-electron chi connectivity index (χ4n) is 1.47. The molecule has 16 nitrogen and oxygen atoms in total. The van der Waals surface area contributed by atoms with Gasteiger partial charge in [0.05, 0.1) is 0 Å². The Morgan fingerprint density at radius 1 is 0.852 bits per heavy atom. The third-order valence-corrected chi connectivity index (χ3v) is 2.67. The molecule has 0 unspecified atom stereocenters. The number of nitrogen functional groups attached to an aromatic ring is 2. The van der Waals surface area contributed by atoms with Crippen LogP contribution in [0.25, 0.3) is 0 Å². The SMILES string of the molecule is Nc1nonc1NC(=O)N/N=C/CCC/C=N/NC(=O)Nc1nonc1N. The molecule has 27 heavy (non-hydrogen) atoms. The normalized spacial score (nSPS) is 11.0. The van der Waals surface area contributed by atoms with Gasteiger partial charge in [0.25, 0.3) is 0 Å². The van der Waals surface area contributed by atoms with Gasteiger partial charge in [-0.2, -0.15) is 10.2 Å². The number of aromatic nitrogens is 4. The number of hydrogen-bond donors (Lipinski definition) is 6. The lowest BCUT2D eigenvalue weighted by Gasteiger charge is -1.99. The van der Waals surface area contributed by atoms with Crippen LogP contribution in [0.3, 0.4) is 0 Å². The highest BCUT2D eigenvalue weighted by atomic mass is 16.6. The summed E-state index contributed by atoms with van der Waals surface area (Å²) < 4.78 is 8.64. The quantitative estimate of drug-likeness (QED) is 0.198. The number of urea groups is 2. The molecule has 0 atom stereocenters. The first-order valence-electron chi connectivity index (χ1n) is 7.39. The van der Waals surface area contributed by atoms with E-state index >= 15 is 0 Å². The monoisotopic (exact) mass is 380 g/mol. The topological polar surface area (TPSA) is 237 Å². The zero-order chi connectivity index (χ0) is 19.5. The fraction of sp³-hybridized carbons (Fsp3) is 0.273. The van der Waals surface area contributed by atoms with Gasteiger partial charge in [-0.05, 0) is 39.9 Å². The minimum Gasteiger partial charge on any atom is -0.378 e. The lowest BCUT2D eigenvalue weighted by Crippen LogP contribution is -2.24. The third kappa shape index (κ3) is 6.64. The molecule has 0 spiro atoms. The van der Waals surface area contributed by atoms with Crippen LogP contribution in [0, 0.1) is 0 Å². The first kappa shape index (κ1) is 19.1. The number of hydrazone groups is 2. The summed E-state index contributed by atoms with van der Waals surface area (Å²) >= 11 is 0. The number of unbranched alkanes of at least 4 members (excludes halogenated alkanes) is 2. The maximum absolute atomic E-state index is 11.4. The van der Waals surface area contributed by atoms with Gasteiger partial charge in [0.15, 0.2) is 0 Å². The highest BCUT2D eigenvalue weighted by Gasteiger charge is 2.09. The fourth-order valence-corrected chi connectivity index (χ4v) is 1.47. The number of carbonyl (C=O) groups is 2. The van der Waals surface area contributed by atoms with Crippen LogP contribution in [0.2, 0.25) is 0 Å². The molecule has 2 aromatic heterocycles. The maximum atomic E-state index is 11.4. The molecule has 16 heteroatoms. The average Bonchev–Trinajstić information content (AvgIpc) is 3.22. The van der Waals surface area contributed by atoms with Crippen LogP contribution in [0.4, 0.5) is 32.9 Å². The van der Waals surface area contributed by atoms with Crippen molar-refractivity contribution in [2.75, 3.05) is 22.1 Å². The van der Waals surface area contributed by atoms with Crippen molar-refractivity contribution >= 4 is 47.8 Å². The molecule has 2 aromatic rings. The predicted molar refractivity (Wildman–Crippen MR) is 92.6 cm³/mol. The summed E-state index contributed by atoms with van der Waals surface area (Å²) in [6.45, 7) is 0. The number of nitrogens with zero attached hydrogens (tertiary/aromatic N) is 6. The number of nitrogens with two attached hydrogens (primary N) is 2. The van der Waals surface area contributed by atoms with E-state index in [0.717, 1.165) is 0 Å². The van der Waals surface area contributed by atoms with E-state index in [1.165, 1.54) is 12.4 Å². The second-order valence-electron chi connectivity index (χ2n) is 4.68. The number of hydrogen-bond acceptors (Lipinski definition) is 12. The Hall–Kier alpha value is -4.24. The Morgan fingerprint density at radius 3 is 1.67 bits per heavy atom. The highest BCUT2D eigenvalue weighted by Crippen LogP contribution is 2.10. The molecule has 8 N–H and O–H groups in total. The lowest BCUT2D eigenvalue weighted by atomic mass is 10.3. The van der Waals surface area contributed by atoms with E-state index in [4.69, 9.17) is 11.5 Å². The summed E-state index contributed by atoms with van der Waals surface area (Å²) in [5.41, 5.74) is 15.2. The Labute approximate surface area is 150 Å². The van der Waals surface area contributed by atoms with E-state index < -0.39 is 12.1 Å². The smallest absolute Gasteiger partial charge is 0.340 e. The van der Waals surface area contributed by atoms with Gasteiger partial charge in [-0.3, -0.25) is 10.6 Å². The number of anilines is 4. The molecule has 0 aromatic carbocycles. The molecule has 0 aliphatic heterocycles. The van der Waals surface area contributed by atoms with Crippen molar-refractivity contribution in [3.63, 3.8) is 0 Å². The van der Waals surface area contributed by atoms with Crippen LogP contribution >= 0.6 is 0 Å². The number of rotatable bonds is 8. The molecular weight excluding hydrogens is 364 g/mol. The Bertz CT molecular complexity index is 746. The Morgan fingerprint density at radius 2 is 1.30 bits per heavy atom. The van der Waals surface area contributed by atoms with E-state index in [0.29, 0.717) is 19.3 Å². The molecule has 2 rings (SSSR count). The second kappa shape index (κ2) is 9.91. The number of amides is 4. The van der Waals surface area contributed by atoms with E-state index in [1.54, 1.807) is 0 Å². The van der Waals surface area contributed by atoms with Gasteiger partial charge in [-0.1, -0.05) is 0 Å². The van der Waals surface area contributed by atoms with Crippen molar-refractivity contribution in [1.29, 1.82) is 0 Å². The number of carbonyl (C=O) groups excluding carboxylic acids is 2. The molecular formula is C11H16N12O4. The van der Waals surface area contributed by atoms with Crippen LogP contribution in [0.15, 0.2) is 19.5 Å². The first-order chi connectivity index (χ1) is 13.1. The largest absolute Gasteiger partial charge is 0.378 e. The summed E-state index contributed by atoms with van der Waals surface area (Å²) in [5.74, 6) is -0.0929. The summed E-state index contributed by atoms with van der Waals surface area (Å²) in [7, 11) is 0. The molecule has 0 saturated heterocycles. The molecule has 0 aliphatic rings. The van der Waals surface area contributed by atoms with Crippen molar-refractivity contribution in [2.24, 2.45) is 10.2 Å². The minimum atomic E-state index is -0.645. The van der Waals surface area contributed by atoms with Gasteiger partial charge in [0.1, 0.15) is 0 Å². The summed E-state index contributed by atoms with van der Waals surface area (Å²) in [4.78, 5) is 22.9. The van der Waals surface area contributed by atoms with Crippen LogP contribution in [-0.2, 0) is 0 Å². The van der Waals surface area contributed by atoms with E-state index in [1.807, 2.05) is 0 Å². The van der Waals surface area contributed by atoms with Crippen molar-refractivity contribution in [3.8, 4) is 0 Å². The van der Waals surface area contributed by atoms with E-state index in [2.05, 4.69) is 61.6 Å². The average molecular weight is 380 g/mol. The molecule has 144 valence electrons. The van der Waals surface area contributed by atoms with Gasteiger partial charge in [-0.25, -0.2) is 29.7 Å². The zero-order valence-electron chi connectivity index (χ0n) is 13.7. The second-order valence-corrected chi connectivity index (χ2v) is 4.68. The maximum Gasteiger partial charge on any atom is 0.340 e. The molecule has 0 bridgehead atoms. The van der Waals surface area contributed by atoms with Gasteiger partial charge in [-0.15, -0.1) is 0 Å². The summed E-state index contributed by atoms with van der Waals surface area (Å²) in [5, 5.41) is 25.4. The van der Waals surface area contributed by atoms with E-state index in [9.17, 15) is 9.59 Å². The zero-order valence-corrected chi connectivity index (χ0v) is 13.7. The van der Waals surface area contributed by atoms with Crippen LogP contribution in [0.1, 0.15) is 19.3 Å². The molecule has 0 radical (unpaired) electrons. The van der Waals surface area contributed by atoms with Gasteiger partial charge >= 0.3 is 12.1 Å². The predicted octanol–water partition coefficient (Wildman–Crippen LogP) is -0.298. The minimum absolute atomic E-state index is 0.00190. The molecule has 0 aliphatic carbocycles. The van der Waals surface area contributed by atoms with Crippen molar-refractivity contribution in [3.05, 3.63) is 0 Å². The van der Waals surface area contributed by atoms with Gasteiger partial charge < -0.3 is 11.5 Å². The molecule has 0 fully saturated rings. The van der Waals surface area contributed by atoms with Gasteiger partial charge in [0, 0.05) is 12.4 Å². The Balaban J connectivity index is 1.52. The third-order valence-electron chi connectivity index (χ3n) is 2.67. The highest BCUT2D eigenvalue weighted by molar-refractivity contribution is 5.91. The standard InChI is InChI=1S/C11H16N12O4/c12-6-8(22-26-20-6)16-10(24)18-14-4-2-1-3-5-15-19-11(25)17-9-7(13)21-27-23-9/h4-5H,1-3H2,(H2,12,20)(H2,13,21)(H2,16,18,22,24)(H2,17,19,23,25)/b14-4+,15-5+. The van der Waals surface area contributed by atoms with Crippen LogP contribution in [0.5, 0.6) is 0 Å². The summed E-state index contributed by atoms with van der Waals surface area (Å²) in [6.07, 6.45) is 4.80. The van der Waals surface area contributed by atoms with Crippen molar-refractivity contribution < 1.29 is 18.8 Å². The number of nitrogens with one attached hydrogen (secondary N) is 4. The van der Waals surface area contributed by atoms with Gasteiger partial charge in [0.2, 0.25) is 23.3 Å². The molecule has 0 saturated carbocycles. The van der Waals surface area contributed by atoms with E-state index in [-0.39, 0.29) is 23.3 Å². The summed E-state index contributed by atoms with van der Waals surface area (Å²) in [6, 6.07) is -1.29. The Kier molecular flexibility index (Phi) is 7.01. The molecule has 2 heterocycles.